The molecule has 0 bridgehead atoms. The average molecular weight is 819 g/mol. The maximum absolute atomic E-state index is 2.94. The van der Waals surface area contributed by atoms with E-state index >= 15 is 0 Å². The molecule has 0 amide bonds. The van der Waals surface area contributed by atoms with Gasteiger partial charge in [-0.05, 0) is 67.8 Å². The van der Waals surface area contributed by atoms with Gasteiger partial charge in [-0.15, -0.1) is 0 Å². The highest BCUT2D eigenvalue weighted by Gasteiger charge is 2.43. The fourth-order valence-electron chi connectivity index (χ4n) is 10.4. The summed E-state index contributed by atoms with van der Waals surface area (Å²) in [6.07, 6.45) is 0. The predicted molar refractivity (Wildman–Crippen MR) is 270 cm³/mol. The highest BCUT2D eigenvalue weighted by Crippen LogP contribution is 2.40. The van der Waals surface area contributed by atoms with Gasteiger partial charge >= 0.3 is 0 Å². The van der Waals surface area contributed by atoms with Crippen LogP contribution >= 0.6 is 0 Å². The van der Waals surface area contributed by atoms with Gasteiger partial charge in [-0.1, -0.05) is 224 Å². The molecule has 0 aliphatic heterocycles. The molecule has 12 rings (SSSR count). The summed E-state index contributed by atoms with van der Waals surface area (Å²) in [6.45, 7) is 0. The molecular weight excluding hydrogens is 777 g/mol. The van der Waals surface area contributed by atoms with Crippen LogP contribution < -0.4 is 20.7 Å². The van der Waals surface area contributed by atoms with Gasteiger partial charge in [-0.2, -0.15) is 0 Å². The Morgan fingerprint density at radius 2 is 0.778 bits per heavy atom. The third-order valence-electron chi connectivity index (χ3n) is 13.1. The van der Waals surface area contributed by atoms with Gasteiger partial charge in [0.05, 0.1) is 27.8 Å². The fraction of sp³-hybridized carbons (Fsp3) is 0. The Morgan fingerprint density at radius 1 is 0.286 bits per heavy atom. The number of benzene rings is 10. The van der Waals surface area contributed by atoms with Gasteiger partial charge in [-0.25, -0.2) is 0 Å². The molecule has 0 spiro atoms. The minimum absolute atomic E-state index is 1.13. The van der Waals surface area contributed by atoms with Crippen molar-refractivity contribution in [3.63, 3.8) is 0 Å². The topological polar surface area (TPSA) is 9.86 Å². The first-order valence-electron chi connectivity index (χ1n) is 21.8. The maximum atomic E-state index is 2.57. The van der Waals surface area contributed by atoms with E-state index in [0.29, 0.717) is 0 Å². The van der Waals surface area contributed by atoms with Crippen LogP contribution in [0.5, 0.6) is 0 Å². The second-order valence-electron chi connectivity index (χ2n) is 16.4. The molecule has 10 aromatic carbocycles. The molecule has 0 aliphatic carbocycles. The quantitative estimate of drug-likeness (QED) is 0.107. The monoisotopic (exact) mass is 818 g/mol. The third-order valence-corrected chi connectivity index (χ3v) is 17.9. The fourth-order valence-corrected chi connectivity index (χ4v) is 15.3. The lowest BCUT2D eigenvalue weighted by atomic mass is 10.0. The lowest BCUT2D eigenvalue weighted by Crippen LogP contribution is -2.75. The number of nitrogens with zero attached hydrogens (tertiary/aromatic N) is 2. The highest BCUT2D eigenvalue weighted by molar-refractivity contribution is 7.20. The first-order chi connectivity index (χ1) is 31.3. The van der Waals surface area contributed by atoms with Crippen molar-refractivity contribution in [2.24, 2.45) is 0 Å². The number of hydrogen-bond donors (Lipinski definition) is 0. The summed E-state index contributed by atoms with van der Waals surface area (Å²) in [4.78, 5) is 0. The number of para-hydroxylation sites is 3. The minimum Gasteiger partial charge on any atom is -0.309 e. The standard InChI is InChI=1S/C60H42N2Si/c1-6-21-43(22-7-1)45-37-39-52-53-40-38-46(42-58(53)62(57(52)41-45)55-34-18-16-31-50(55)44-23-8-2-9-24-44)61-56-35-19-17-32-51(56)54-33-20-36-59(60(54)61)63(47-25-10-3-11-26-47,48-27-12-4-13-28-48)49-29-14-5-15-30-49/h1-42H. The summed E-state index contributed by atoms with van der Waals surface area (Å²) in [6, 6.07) is 94.3. The van der Waals surface area contributed by atoms with E-state index in [-0.39, 0.29) is 0 Å². The molecule has 2 nitrogen and oxygen atoms in total. The first kappa shape index (κ1) is 36.8. The normalized spacial score (nSPS) is 11.8. The van der Waals surface area contributed by atoms with E-state index < -0.39 is 8.07 Å². The Morgan fingerprint density at radius 3 is 1.43 bits per heavy atom. The Bertz CT molecular complexity index is 3500. The largest absolute Gasteiger partial charge is 0.309 e. The summed E-state index contributed by atoms with van der Waals surface area (Å²) in [5, 5.41) is 10.4. The first-order valence-corrected chi connectivity index (χ1v) is 23.8. The zero-order chi connectivity index (χ0) is 41.7. The predicted octanol–water partition coefficient (Wildman–Crippen LogP) is 12.6. The van der Waals surface area contributed by atoms with Gasteiger partial charge in [-0.3, -0.25) is 0 Å². The van der Waals surface area contributed by atoms with Crippen molar-refractivity contribution in [2.45, 2.75) is 0 Å². The van der Waals surface area contributed by atoms with Crippen LogP contribution in [-0.4, -0.2) is 17.2 Å². The van der Waals surface area contributed by atoms with E-state index in [1.807, 2.05) is 0 Å². The van der Waals surface area contributed by atoms with Gasteiger partial charge in [0.1, 0.15) is 0 Å². The summed E-state index contributed by atoms with van der Waals surface area (Å²) < 4.78 is 5.07. The minimum atomic E-state index is -2.94. The zero-order valence-electron chi connectivity index (χ0n) is 34.6. The molecule has 0 fully saturated rings. The summed E-state index contributed by atoms with van der Waals surface area (Å²) >= 11 is 0. The van der Waals surface area contributed by atoms with Crippen molar-refractivity contribution in [2.75, 3.05) is 0 Å². The van der Waals surface area contributed by atoms with Crippen LogP contribution in [0.3, 0.4) is 0 Å². The molecule has 0 saturated heterocycles. The SMILES string of the molecule is c1ccc(-c2ccc3c4ccc(-n5c6ccccc6c6cccc([Si](c7ccccc7)(c7ccccc7)c7ccccc7)c65)cc4n(-c4ccccc4-c4ccccc4)c3c2)cc1. The van der Waals surface area contributed by atoms with E-state index in [1.165, 1.54) is 81.1 Å². The molecule has 12 aromatic rings. The Kier molecular flexibility index (Phi) is 8.87. The molecule has 0 unspecified atom stereocenters. The Balaban J connectivity index is 1.21. The molecule has 0 atom stereocenters. The molecule has 0 radical (unpaired) electrons. The maximum Gasteiger partial charge on any atom is 0.181 e. The van der Waals surface area contributed by atoms with Crippen LogP contribution in [0.15, 0.2) is 255 Å². The lowest BCUT2D eigenvalue weighted by molar-refractivity contribution is 1.16. The molecule has 2 heterocycles. The molecule has 2 aromatic heterocycles. The summed E-state index contributed by atoms with van der Waals surface area (Å²) in [5.41, 5.74) is 11.8. The van der Waals surface area contributed by atoms with Crippen LogP contribution in [0.1, 0.15) is 0 Å². The molecular formula is C60H42N2Si. The Hall–Kier alpha value is -7.98. The molecule has 296 valence electrons. The van der Waals surface area contributed by atoms with Crippen LogP contribution in [0.4, 0.5) is 0 Å². The van der Waals surface area contributed by atoms with Gasteiger partial charge in [0, 0.05) is 32.8 Å². The average Bonchev–Trinajstić information content (AvgIpc) is 3.88. The molecule has 0 saturated carbocycles. The van der Waals surface area contributed by atoms with E-state index in [4.69, 9.17) is 0 Å². The van der Waals surface area contributed by atoms with Gasteiger partial charge in [0.2, 0.25) is 0 Å². The number of fused-ring (bicyclic) bond motifs is 6. The van der Waals surface area contributed by atoms with Crippen molar-refractivity contribution in [1.29, 1.82) is 0 Å². The van der Waals surface area contributed by atoms with Crippen molar-refractivity contribution in [3.05, 3.63) is 255 Å². The third kappa shape index (κ3) is 5.85. The highest BCUT2D eigenvalue weighted by atomic mass is 28.3. The lowest BCUT2D eigenvalue weighted by Gasteiger charge is -2.35. The van der Waals surface area contributed by atoms with Crippen LogP contribution in [0.2, 0.25) is 0 Å². The van der Waals surface area contributed by atoms with E-state index in [9.17, 15) is 0 Å². The molecule has 63 heavy (non-hydrogen) atoms. The Labute approximate surface area is 368 Å². The summed E-state index contributed by atoms with van der Waals surface area (Å²) in [5.74, 6) is 0. The van der Waals surface area contributed by atoms with Gasteiger partial charge in [0.15, 0.2) is 8.07 Å². The zero-order valence-corrected chi connectivity index (χ0v) is 35.6. The van der Waals surface area contributed by atoms with Crippen LogP contribution in [-0.2, 0) is 0 Å². The number of rotatable bonds is 8. The summed E-state index contributed by atoms with van der Waals surface area (Å²) in [7, 11) is -2.94. The molecule has 0 aliphatic rings. The van der Waals surface area contributed by atoms with Crippen molar-refractivity contribution < 1.29 is 0 Å². The number of aromatic nitrogens is 2. The molecule has 0 N–H and O–H groups in total. The number of hydrogen-bond acceptors (Lipinski definition) is 0. The van der Waals surface area contributed by atoms with Crippen LogP contribution in [0.25, 0.3) is 77.2 Å². The van der Waals surface area contributed by atoms with Gasteiger partial charge in [0.25, 0.3) is 0 Å². The van der Waals surface area contributed by atoms with Crippen molar-refractivity contribution in [3.8, 4) is 33.6 Å². The second kappa shape index (κ2) is 15.2. The van der Waals surface area contributed by atoms with E-state index in [2.05, 4.69) is 264 Å². The van der Waals surface area contributed by atoms with E-state index in [1.54, 1.807) is 0 Å². The van der Waals surface area contributed by atoms with Gasteiger partial charge < -0.3 is 9.13 Å². The second-order valence-corrected chi connectivity index (χ2v) is 20.2. The smallest absolute Gasteiger partial charge is 0.181 e. The van der Waals surface area contributed by atoms with Crippen molar-refractivity contribution in [1.82, 2.24) is 9.13 Å². The van der Waals surface area contributed by atoms with Crippen LogP contribution in [0, 0.1) is 0 Å². The molecule has 3 heteroatoms. The van der Waals surface area contributed by atoms with E-state index in [0.717, 1.165) is 16.9 Å². The van der Waals surface area contributed by atoms with Crippen molar-refractivity contribution >= 4 is 72.4 Å².